The Morgan fingerprint density at radius 3 is 3.05 bits per heavy atom. The Morgan fingerprint density at radius 2 is 2.32 bits per heavy atom. The molecule has 0 spiro atoms. The molecule has 1 atom stereocenters. The minimum atomic E-state index is -1.01. The summed E-state index contributed by atoms with van der Waals surface area (Å²) in [6.07, 6.45) is -0.789. The van der Waals surface area contributed by atoms with Crippen LogP contribution < -0.4 is 10.1 Å². The van der Waals surface area contributed by atoms with Crippen molar-refractivity contribution in [3.8, 4) is 11.5 Å². The number of phenols is 1. The lowest BCUT2D eigenvalue weighted by molar-refractivity contribution is 0.0961. The molecule has 1 amide bonds. The van der Waals surface area contributed by atoms with Crippen LogP contribution in [0.25, 0.3) is 0 Å². The number of carbonyl (C=O) groups excluding carboxylic acids is 1. The zero-order valence-electron chi connectivity index (χ0n) is 11.6. The topological polar surface area (TPSA) is 99.1 Å². The van der Waals surface area contributed by atoms with Crippen molar-refractivity contribution in [2.45, 2.75) is 12.5 Å². The highest BCUT2D eigenvalue weighted by molar-refractivity contribution is 6.32. The molecule has 2 aliphatic heterocycles. The second-order valence-corrected chi connectivity index (χ2v) is 5.72. The molecular weight excluding hydrogens is 312 g/mol. The lowest BCUT2D eigenvalue weighted by Crippen LogP contribution is -2.54. The molecule has 22 heavy (non-hydrogen) atoms. The third-order valence-corrected chi connectivity index (χ3v) is 4.27. The summed E-state index contributed by atoms with van der Waals surface area (Å²) in [5.41, 5.74) is 0.719. The van der Waals surface area contributed by atoms with Crippen molar-refractivity contribution in [1.29, 1.82) is 0 Å². The summed E-state index contributed by atoms with van der Waals surface area (Å²) >= 11 is 5.98. The predicted octanol–water partition coefficient (Wildman–Crippen LogP) is 1.11. The van der Waals surface area contributed by atoms with E-state index in [1.165, 1.54) is 11.0 Å². The van der Waals surface area contributed by atoms with Crippen LogP contribution >= 0.6 is 11.6 Å². The Bertz CT molecular complexity index is 649. The maximum Gasteiger partial charge on any atom is 0.407 e. The molecule has 2 heterocycles. The van der Waals surface area contributed by atoms with Gasteiger partial charge in [-0.3, -0.25) is 4.79 Å². The number of nitrogens with zero attached hydrogens (tertiary/aromatic N) is 1. The molecule has 1 saturated heterocycles. The summed E-state index contributed by atoms with van der Waals surface area (Å²) in [6, 6.07) is 1.03. The van der Waals surface area contributed by atoms with E-state index >= 15 is 0 Å². The Hall–Kier alpha value is -1.99. The Morgan fingerprint density at radius 1 is 1.55 bits per heavy atom. The van der Waals surface area contributed by atoms with Crippen LogP contribution in [0.5, 0.6) is 11.5 Å². The molecule has 1 fully saturated rings. The minimum absolute atomic E-state index is 0.0678. The predicted molar refractivity (Wildman–Crippen MR) is 78.0 cm³/mol. The van der Waals surface area contributed by atoms with Crippen molar-refractivity contribution in [3.63, 3.8) is 0 Å². The SMILES string of the molecule is O=C1COc2c1cc(Cl)c(O)c2CC1CNCCN1C(=O)O. The minimum Gasteiger partial charge on any atom is -0.506 e. The average molecular weight is 327 g/mol. The number of nitrogens with one attached hydrogen (secondary N) is 1. The fraction of sp³-hybridized carbons (Fsp3) is 0.429. The van der Waals surface area contributed by atoms with Gasteiger partial charge in [-0.1, -0.05) is 11.6 Å². The number of amides is 1. The first-order chi connectivity index (χ1) is 10.5. The van der Waals surface area contributed by atoms with E-state index in [4.69, 9.17) is 16.3 Å². The van der Waals surface area contributed by atoms with Crippen molar-refractivity contribution < 1.29 is 24.5 Å². The van der Waals surface area contributed by atoms with Gasteiger partial charge in [0.1, 0.15) is 11.5 Å². The molecule has 7 nitrogen and oxygen atoms in total. The van der Waals surface area contributed by atoms with E-state index in [1.54, 1.807) is 0 Å². The van der Waals surface area contributed by atoms with Crippen molar-refractivity contribution in [2.75, 3.05) is 26.2 Å². The van der Waals surface area contributed by atoms with Gasteiger partial charge >= 0.3 is 6.09 Å². The summed E-state index contributed by atoms with van der Waals surface area (Å²) in [5, 5.41) is 22.7. The van der Waals surface area contributed by atoms with Crippen LogP contribution in [0.3, 0.4) is 0 Å². The standard InChI is InChI=1S/C14H15ClN2O5/c15-10-4-8-11(18)6-22-13(8)9(12(10)19)3-7-5-16-1-2-17(7)14(20)21/h4,7,16,19H,1-3,5-6H2,(H,20,21). The number of carboxylic acid groups (broad SMARTS) is 1. The molecule has 3 rings (SSSR count). The first kappa shape index (κ1) is 14.9. The summed E-state index contributed by atoms with van der Waals surface area (Å²) < 4.78 is 5.36. The lowest BCUT2D eigenvalue weighted by atomic mass is 9.98. The van der Waals surface area contributed by atoms with Crippen LogP contribution in [0.4, 0.5) is 4.79 Å². The number of ketones is 1. The average Bonchev–Trinajstić information content (AvgIpc) is 2.85. The molecule has 0 bridgehead atoms. The van der Waals surface area contributed by atoms with Gasteiger partial charge in [0.2, 0.25) is 5.78 Å². The number of carbonyl (C=O) groups is 2. The molecule has 118 valence electrons. The molecule has 1 aromatic rings. The molecule has 0 radical (unpaired) electrons. The highest BCUT2D eigenvalue weighted by Crippen LogP contribution is 2.41. The summed E-state index contributed by atoms with van der Waals surface area (Å²) in [6.45, 7) is 1.31. The van der Waals surface area contributed by atoms with Gasteiger partial charge in [-0.25, -0.2) is 4.79 Å². The number of piperazine rings is 1. The van der Waals surface area contributed by atoms with Gasteiger partial charge in [-0.2, -0.15) is 0 Å². The van der Waals surface area contributed by atoms with E-state index in [0.717, 1.165) is 0 Å². The summed E-state index contributed by atoms with van der Waals surface area (Å²) in [5.74, 6) is -0.0520. The number of halogens is 1. The van der Waals surface area contributed by atoms with Gasteiger partial charge in [-0.15, -0.1) is 0 Å². The van der Waals surface area contributed by atoms with E-state index in [2.05, 4.69) is 5.32 Å². The molecule has 2 aliphatic rings. The van der Waals surface area contributed by atoms with E-state index in [-0.39, 0.29) is 35.6 Å². The van der Waals surface area contributed by atoms with Gasteiger partial charge in [0.05, 0.1) is 16.6 Å². The molecule has 1 unspecified atom stereocenters. The normalized spacial score (nSPS) is 20.7. The molecule has 1 aromatic carbocycles. The number of benzene rings is 1. The third-order valence-electron chi connectivity index (χ3n) is 3.99. The van der Waals surface area contributed by atoms with Crippen molar-refractivity contribution in [2.24, 2.45) is 0 Å². The van der Waals surface area contributed by atoms with Crippen LogP contribution in [0, 0.1) is 0 Å². The number of phenolic OH excluding ortho intramolecular Hbond substituents is 1. The third kappa shape index (κ3) is 2.46. The van der Waals surface area contributed by atoms with E-state index in [9.17, 15) is 19.8 Å². The van der Waals surface area contributed by atoms with Gasteiger partial charge in [0, 0.05) is 31.6 Å². The number of hydrogen-bond donors (Lipinski definition) is 3. The number of hydrogen-bond acceptors (Lipinski definition) is 5. The first-order valence-corrected chi connectivity index (χ1v) is 7.27. The Balaban J connectivity index is 1.96. The Kier molecular flexibility index (Phi) is 3.84. The summed E-state index contributed by atoms with van der Waals surface area (Å²) in [7, 11) is 0. The van der Waals surface area contributed by atoms with E-state index < -0.39 is 6.09 Å². The zero-order chi connectivity index (χ0) is 15.9. The molecule has 3 N–H and O–H groups in total. The van der Waals surface area contributed by atoms with Crippen molar-refractivity contribution in [1.82, 2.24) is 10.2 Å². The molecule has 0 aromatic heterocycles. The second-order valence-electron chi connectivity index (χ2n) is 5.31. The lowest BCUT2D eigenvalue weighted by Gasteiger charge is -2.34. The molecular formula is C14H15ClN2O5. The van der Waals surface area contributed by atoms with Gasteiger partial charge in [-0.05, 0) is 6.07 Å². The monoisotopic (exact) mass is 326 g/mol. The van der Waals surface area contributed by atoms with Crippen LogP contribution in [-0.2, 0) is 6.42 Å². The maximum atomic E-state index is 11.8. The fourth-order valence-electron chi connectivity index (χ4n) is 2.88. The van der Waals surface area contributed by atoms with Gasteiger partial charge < -0.3 is 25.2 Å². The highest BCUT2D eigenvalue weighted by atomic mass is 35.5. The molecule has 8 heteroatoms. The van der Waals surface area contributed by atoms with Crippen LogP contribution in [0.15, 0.2) is 6.07 Å². The number of aromatic hydroxyl groups is 1. The van der Waals surface area contributed by atoms with Crippen LogP contribution in [0.2, 0.25) is 5.02 Å². The van der Waals surface area contributed by atoms with E-state index in [0.29, 0.717) is 36.5 Å². The van der Waals surface area contributed by atoms with Gasteiger partial charge in [0.15, 0.2) is 6.61 Å². The largest absolute Gasteiger partial charge is 0.506 e. The van der Waals surface area contributed by atoms with Crippen LogP contribution in [-0.4, -0.2) is 59.3 Å². The molecule has 0 aliphatic carbocycles. The van der Waals surface area contributed by atoms with Gasteiger partial charge in [0.25, 0.3) is 0 Å². The summed E-state index contributed by atoms with van der Waals surface area (Å²) in [4.78, 5) is 24.4. The zero-order valence-corrected chi connectivity index (χ0v) is 12.4. The highest BCUT2D eigenvalue weighted by Gasteiger charge is 2.32. The quantitative estimate of drug-likeness (QED) is 0.753. The Labute approximate surface area is 131 Å². The number of ether oxygens (including phenoxy) is 1. The van der Waals surface area contributed by atoms with Crippen LogP contribution in [0.1, 0.15) is 15.9 Å². The number of fused-ring (bicyclic) bond motifs is 1. The smallest absolute Gasteiger partial charge is 0.407 e. The number of Topliss-reactive ketones (excluding diaryl/α,β-unsaturated/α-hetero) is 1. The number of rotatable bonds is 2. The second kappa shape index (κ2) is 5.66. The molecule has 0 saturated carbocycles. The maximum absolute atomic E-state index is 11.8. The van der Waals surface area contributed by atoms with Crippen molar-refractivity contribution in [3.05, 3.63) is 22.2 Å². The van der Waals surface area contributed by atoms with E-state index in [1.807, 2.05) is 0 Å². The fourth-order valence-corrected chi connectivity index (χ4v) is 3.11. The first-order valence-electron chi connectivity index (χ1n) is 6.89. The van der Waals surface area contributed by atoms with Crippen molar-refractivity contribution >= 4 is 23.5 Å².